The molecule has 148 valence electrons. The third-order valence-corrected chi connectivity index (χ3v) is 5.38. The van der Waals surface area contributed by atoms with Gasteiger partial charge in [-0.3, -0.25) is 0 Å². The Balaban J connectivity index is 1.49. The Bertz CT molecular complexity index is 1300. The highest BCUT2D eigenvalue weighted by atomic mass is 15.5. The van der Waals surface area contributed by atoms with Crippen LogP contribution in [0, 0.1) is 6.92 Å². The van der Waals surface area contributed by atoms with Crippen LogP contribution in [0.4, 0.5) is 0 Å². The van der Waals surface area contributed by atoms with Crippen molar-refractivity contribution in [2.24, 2.45) is 0 Å². The molecule has 3 aromatic heterocycles. The molecule has 7 heteroatoms. The second-order valence-electron chi connectivity index (χ2n) is 7.26. The van der Waals surface area contributed by atoms with Crippen LogP contribution in [0.3, 0.4) is 0 Å². The quantitative estimate of drug-likeness (QED) is 0.485. The zero-order valence-electron chi connectivity index (χ0n) is 16.9. The van der Waals surface area contributed by atoms with E-state index >= 15 is 0 Å². The number of tetrazole rings is 1. The summed E-state index contributed by atoms with van der Waals surface area (Å²) < 4.78 is 1.95. The number of nitrogens with zero attached hydrogens (tertiary/aromatic N) is 6. The number of aryl methyl sites for hydroxylation is 2. The Labute approximate surface area is 173 Å². The third-order valence-electron chi connectivity index (χ3n) is 5.38. The van der Waals surface area contributed by atoms with Gasteiger partial charge in [0, 0.05) is 29.4 Å². The lowest BCUT2D eigenvalue weighted by molar-refractivity contribution is 0.854. The minimum absolute atomic E-state index is 0.593. The highest BCUT2D eigenvalue weighted by Gasteiger charge is 2.15. The predicted molar refractivity (Wildman–Crippen MR) is 115 cm³/mol. The maximum absolute atomic E-state index is 4.76. The van der Waals surface area contributed by atoms with Crippen molar-refractivity contribution in [3.63, 3.8) is 0 Å². The van der Waals surface area contributed by atoms with Gasteiger partial charge < -0.3 is 0 Å². The van der Waals surface area contributed by atoms with Crippen LogP contribution in [0.25, 0.3) is 28.2 Å². The van der Waals surface area contributed by atoms with Crippen molar-refractivity contribution in [1.29, 1.82) is 0 Å². The van der Waals surface area contributed by atoms with E-state index in [1.165, 1.54) is 11.1 Å². The second kappa shape index (κ2) is 7.51. The molecule has 0 amide bonds. The van der Waals surface area contributed by atoms with E-state index in [1.54, 1.807) is 0 Å². The van der Waals surface area contributed by atoms with E-state index < -0.39 is 0 Å². The minimum Gasteiger partial charge on any atom is -0.237 e. The zero-order valence-corrected chi connectivity index (χ0v) is 16.9. The molecule has 0 unspecified atom stereocenters. The first-order valence-corrected chi connectivity index (χ1v) is 9.99. The Morgan fingerprint density at radius 3 is 2.50 bits per heavy atom. The molecule has 0 radical (unpaired) electrons. The lowest BCUT2D eigenvalue weighted by Gasteiger charge is -2.08. The van der Waals surface area contributed by atoms with Crippen LogP contribution in [0.15, 0.2) is 60.8 Å². The average molecular weight is 395 g/mol. The first-order chi connectivity index (χ1) is 14.7. The molecule has 0 saturated heterocycles. The van der Waals surface area contributed by atoms with Gasteiger partial charge in [0.1, 0.15) is 0 Å². The molecule has 0 aliphatic heterocycles. The molecule has 5 aromatic rings. The minimum atomic E-state index is 0.593. The molecule has 7 nitrogen and oxygen atoms in total. The second-order valence-corrected chi connectivity index (χ2v) is 7.26. The van der Waals surface area contributed by atoms with E-state index in [9.17, 15) is 0 Å². The van der Waals surface area contributed by atoms with Crippen molar-refractivity contribution in [1.82, 2.24) is 35.2 Å². The van der Waals surface area contributed by atoms with Gasteiger partial charge in [0.15, 0.2) is 5.65 Å². The Morgan fingerprint density at radius 1 is 0.967 bits per heavy atom. The van der Waals surface area contributed by atoms with Crippen molar-refractivity contribution in [2.45, 2.75) is 26.7 Å². The molecule has 0 saturated carbocycles. The fraction of sp³-hybridized carbons (Fsp3) is 0.174. The molecule has 0 aliphatic rings. The van der Waals surface area contributed by atoms with Crippen LogP contribution in [-0.2, 0) is 12.8 Å². The van der Waals surface area contributed by atoms with Gasteiger partial charge in [-0.25, -0.2) is 9.50 Å². The van der Waals surface area contributed by atoms with Gasteiger partial charge in [-0.05, 0) is 41.3 Å². The standard InChI is InChI=1S/C23H21N7/c1-3-21-20(23-24-13-12-15(2)30(23)27-21)14-16-8-10-17(11-9-16)18-6-4-5-7-19(18)22-25-28-29-26-22/h4-13H,3,14H2,1-2H3,(H,25,26,28,29). The van der Waals surface area contributed by atoms with Crippen molar-refractivity contribution in [3.05, 3.63) is 83.3 Å². The molecular formula is C23H21N7. The van der Waals surface area contributed by atoms with E-state index in [1.807, 2.05) is 35.0 Å². The Kier molecular flexibility index (Phi) is 4.55. The van der Waals surface area contributed by atoms with Gasteiger partial charge in [-0.15, -0.1) is 10.2 Å². The number of hydrogen-bond donors (Lipinski definition) is 1. The van der Waals surface area contributed by atoms with Gasteiger partial charge >= 0.3 is 0 Å². The number of benzene rings is 2. The highest BCUT2D eigenvalue weighted by Crippen LogP contribution is 2.30. The fourth-order valence-corrected chi connectivity index (χ4v) is 3.83. The van der Waals surface area contributed by atoms with Gasteiger partial charge in [-0.2, -0.15) is 10.3 Å². The maximum atomic E-state index is 4.76. The van der Waals surface area contributed by atoms with E-state index in [-0.39, 0.29) is 0 Å². The molecule has 30 heavy (non-hydrogen) atoms. The number of rotatable bonds is 5. The van der Waals surface area contributed by atoms with Crippen molar-refractivity contribution >= 4 is 5.65 Å². The molecule has 2 aromatic carbocycles. The summed E-state index contributed by atoms with van der Waals surface area (Å²) in [4.78, 5) is 4.59. The maximum Gasteiger partial charge on any atom is 0.205 e. The topological polar surface area (TPSA) is 84.6 Å². The van der Waals surface area contributed by atoms with Crippen molar-refractivity contribution in [2.75, 3.05) is 0 Å². The number of nitrogens with one attached hydrogen (secondary N) is 1. The van der Waals surface area contributed by atoms with Gasteiger partial charge in [0.2, 0.25) is 5.82 Å². The van der Waals surface area contributed by atoms with Crippen molar-refractivity contribution in [3.8, 4) is 22.5 Å². The molecule has 0 fully saturated rings. The third kappa shape index (κ3) is 3.14. The Hall–Kier alpha value is -3.87. The zero-order chi connectivity index (χ0) is 20.5. The summed E-state index contributed by atoms with van der Waals surface area (Å²) in [5, 5.41) is 19.2. The number of aromatic amines is 1. The largest absolute Gasteiger partial charge is 0.237 e. The first-order valence-electron chi connectivity index (χ1n) is 9.99. The summed E-state index contributed by atoms with van der Waals surface area (Å²) in [6, 6.07) is 18.7. The van der Waals surface area contributed by atoms with Gasteiger partial charge in [-0.1, -0.05) is 55.5 Å². The summed E-state index contributed by atoms with van der Waals surface area (Å²) in [6.45, 7) is 4.19. The van der Waals surface area contributed by atoms with E-state index in [0.29, 0.717) is 5.82 Å². The molecule has 1 N–H and O–H groups in total. The summed E-state index contributed by atoms with van der Waals surface area (Å²) in [7, 11) is 0. The van der Waals surface area contributed by atoms with Crippen LogP contribution in [0.1, 0.15) is 29.4 Å². The number of aromatic nitrogens is 7. The fourth-order valence-electron chi connectivity index (χ4n) is 3.83. The molecule has 5 rings (SSSR count). The molecule has 0 aliphatic carbocycles. The summed E-state index contributed by atoms with van der Waals surface area (Å²) >= 11 is 0. The summed E-state index contributed by atoms with van der Waals surface area (Å²) in [6.07, 6.45) is 3.54. The van der Waals surface area contributed by atoms with Crippen LogP contribution < -0.4 is 0 Å². The van der Waals surface area contributed by atoms with Crippen LogP contribution in [0.5, 0.6) is 0 Å². The molecule has 0 atom stereocenters. The smallest absolute Gasteiger partial charge is 0.205 e. The van der Waals surface area contributed by atoms with Crippen LogP contribution in [0.2, 0.25) is 0 Å². The van der Waals surface area contributed by atoms with Crippen molar-refractivity contribution < 1.29 is 0 Å². The highest BCUT2D eigenvalue weighted by molar-refractivity contribution is 5.80. The lowest BCUT2D eigenvalue weighted by atomic mass is 9.96. The van der Waals surface area contributed by atoms with E-state index in [4.69, 9.17) is 5.10 Å². The normalized spacial score (nSPS) is 11.3. The monoisotopic (exact) mass is 395 g/mol. The van der Waals surface area contributed by atoms with Gasteiger partial charge in [0.25, 0.3) is 0 Å². The van der Waals surface area contributed by atoms with Crippen LogP contribution in [-0.4, -0.2) is 35.2 Å². The number of hydrogen-bond acceptors (Lipinski definition) is 5. The molecular weight excluding hydrogens is 374 g/mol. The molecule has 0 spiro atoms. The summed E-state index contributed by atoms with van der Waals surface area (Å²) in [5.74, 6) is 0.593. The number of H-pyrrole nitrogens is 1. The van der Waals surface area contributed by atoms with E-state index in [0.717, 1.165) is 46.6 Å². The van der Waals surface area contributed by atoms with Gasteiger partial charge in [0.05, 0.1) is 5.69 Å². The Morgan fingerprint density at radius 2 is 1.77 bits per heavy atom. The van der Waals surface area contributed by atoms with Crippen LogP contribution >= 0.6 is 0 Å². The van der Waals surface area contributed by atoms with E-state index in [2.05, 4.69) is 69.8 Å². The average Bonchev–Trinajstić information content (AvgIpc) is 3.44. The summed E-state index contributed by atoms with van der Waals surface area (Å²) in [5.41, 5.74) is 8.70. The number of fused-ring (bicyclic) bond motifs is 1. The first kappa shape index (κ1) is 18.2. The molecule has 3 heterocycles. The predicted octanol–water partition coefficient (Wildman–Crippen LogP) is 4.04. The lowest BCUT2D eigenvalue weighted by Crippen LogP contribution is -1.96. The molecule has 0 bridgehead atoms. The SMILES string of the molecule is CCc1nn2c(C)ccnc2c1Cc1ccc(-c2ccccc2-c2nn[nH]n2)cc1.